The summed E-state index contributed by atoms with van der Waals surface area (Å²) in [5.74, 6) is -1.42. The summed E-state index contributed by atoms with van der Waals surface area (Å²) in [4.78, 5) is 22.1. The van der Waals surface area contributed by atoms with Crippen molar-refractivity contribution >= 4 is 11.9 Å². The van der Waals surface area contributed by atoms with Gasteiger partial charge in [-0.15, -0.1) is 0 Å². The summed E-state index contributed by atoms with van der Waals surface area (Å²) in [6.07, 6.45) is 1.28. The molecule has 1 amide bonds. The Hall–Kier alpha value is -1.85. The van der Waals surface area contributed by atoms with E-state index in [0.717, 1.165) is 0 Å². The molecule has 6 nitrogen and oxygen atoms in total. The van der Waals surface area contributed by atoms with Crippen LogP contribution in [-0.2, 0) is 4.79 Å². The molecule has 0 atom stereocenters. The predicted molar refractivity (Wildman–Crippen MR) is 50.3 cm³/mol. The van der Waals surface area contributed by atoms with E-state index >= 15 is 0 Å². The first-order valence-electron chi connectivity index (χ1n) is 4.35. The van der Waals surface area contributed by atoms with Crippen LogP contribution in [0.15, 0.2) is 16.9 Å². The third kappa shape index (κ3) is 2.80. The molecule has 0 bridgehead atoms. The summed E-state index contributed by atoms with van der Waals surface area (Å²) in [6.45, 7) is 3.09. The van der Waals surface area contributed by atoms with Crippen molar-refractivity contribution in [1.82, 2.24) is 10.5 Å². The zero-order valence-electron chi connectivity index (χ0n) is 8.48. The fraction of sp³-hybridized carbons (Fsp3) is 0.444. The van der Waals surface area contributed by atoms with Crippen molar-refractivity contribution in [3.63, 3.8) is 0 Å². The van der Waals surface area contributed by atoms with Gasteiger partial charge in [0.15, 0.2) is 5.69 Å². The lowest BCUT2D eigenvalue weighted by Gasteiger charge is -2.18. The molecule has 0 unspecified atom stereocenters. The van der Waals surface area contributed by atoms with E-state index in [1.807, 2.05) is 0 Å². The maximum absolute atomic E-state index is 11.3. The number of nitrogens with zero attached hydrogens (tertiary/aromatic N) is 1. The Morgan fingerprint density at radius 3 is 2.73 bits per heavy atom. The molecule has 0 saturated carbocycles. The summed E-state index contributed by atoms with van der Waals surface area (Å²) in [6, 6.07) is 1.41. The van der Waals surface area contributed by atoms with Gasteiger partial charge in [-0.3, -0.25) is 9.59 Å². The first-order valence-corrected chi connectivity index (χ1v) is 4.35. The number of carboxylic acid groups (broad SMARTS) is 1. The first-order chi connectivity index (χ1) is 6.93. The molecule has 82 valence electrons. The van der Waals surface area contributed by atoms with Crippen LogP contribution < -0.4 is 5.32 Å². The standard InChI is InChI=1S/C9H12N2O4/c1-9(2,8(13)14)5-10-7(12)6-3-4-15-11-6/h3-4H,5H2,1-2H3,(H,10,12)(H,13,14). The van der Waals surface area contributed by atoms with Gasteiger partial charge in [0.25, 0.3) is 5.91 Å². The van der Waals surface area contributed by atoms with Gasteiger partial charge in [0, 0.05) is 12.6 Å². The van der Waals surface area contributed by atoms with Gasteiger partial charge < -0.3 is 14.9 Å². The van der Waals surface area contributed by atoms with E-state index in [1.54, 1.807) is 0 Å². The number of aliphatic carboxylic acids is 1. The number of hydrogen-bond donors (Lipinski definition) is 2. The van der Waals surface area contributed by atoms with Gasteiger partial charge in [0.1, 0.15) is 6.26 Å². The topological polar surface area (TPSA) is 92.4 Å². The number of carboxylic acids is 1. The predicted octanol–water partition coefficient (Wildman–Crippen LogP) is 0.515. The number of amides is 1. The van der Waals surface area contributed by atoms with Crippen LogP contribution in [0.5, 0.6) is 0 Å². The molecule has 0 radical (unpaired) electrons. The maximum Gasteiger partial charge on any atom is 0.310 e. The lowest BCUT2D eigenvalue weighted by Crippen LogP contribution is -2.38. The third-order valence-electron chi connectivity index (χ3n) is 1.94. The van der Waals surface area contributed by atoms with E-state index in [4.69, 9.17) is 5.11 Å². The normalized spacial score (nSPS) is 11.1. The van der Waals surface area contributed by atoms with Crippen molar-refractivity contribution in [2.24, 2.45) is 5.41 Å². The summed E-state index contributed by atoms with van der Waals surface area (Å²) in [5, 5.41) is 14.7. The molecule has 15 heavy (non-hydrogen) atoms. The Morgan fingerprint density at radius 2 is 2.27 bits per heavy atom. The van der Waals surface area contributed by atoms with Gasteiger partial charge >= 0.3 is 5.97 Å². The molecule has 6 heteroatoms. The minimum absolute atomic E-state index is 0.0357. The fourth-order valence-corrected chi connectivity index (χ4v) is 0.797. The minimum atomic E-state index is -1.00. The van der Waals surface area contributed by atoms with Crippen molar-refractivity contribution in [2.75, 3.05) is 6.54 Å². The van der Waals surface area contributed by atoms with Crippen molar-refractivity contribution in [3.05, 3.63) is 18.0 Å². The molecule has 2 N–H and O–H groups in total. The van der Waals surface area contributed by atoms with Crippen molar-refractivity contribution in [3.8, 4) is 0 Å². The zero-order valence-corrected chi connectivity index (χ0v) is 8.48. The van der Waals surface area contributed by atoms with Crippen LogP contribution >= 0.6 is 0 Å². The Balaban J connectivity index is 2.51. The molecule has 0 aliphatic heterocycles. The SMILES string of the molecule is CC(C)(CNC(=O)c1ccon1)C(=O)O. The molecule has 0 aromatic carbocycles. The van der Waals surface area contributed by atoms with Crippen LogP contribution in [-0.4, -0.2) is 28.7 Å². The van der Waals surface area contributed by atoms with E-state index in [2.05, 4.69) is 15.0 Å². The molecule has 0 fully saturated rings. The molecular weight excluding hydrogens is 200 g/mol. The molecule has 1 aromatic heterocycles. The number of carbonyl (C=O) groups excluding carboxylic acids is 1. The average Bonchev–Trinajstić information content (AvgIpc) is 2.66. The van der Waals surface area contributed by atoms with Crippen molar-refractivity contribution in [2.45, 2.75) is 13.8 Å². The Morgan fingerprint density at radius 1 is 1.60 bits per heavy atom. The molecule has 1 aromatic rings. The lowest BCUT2D eigenvalue weighted by atomic mass is 9.94. The van der Waals surface area contributed by atoms with Gasteiger partial charge in [-0.1, -0.05) is 5.16 Å². The largest absolute Gasteiger partial charge is 0.481 e. The summed E-state index contributed by atoms with van der Waals surface area (Å²) in [7, 11) is 0. The smallest absolute Gasteiger partial charge is 0.310 e. The number of aromatic nitrogens is 1. The van der Waals surface area contributed by atoms with Gasteiger partial charge in [-0.2, -0.15) is 0 Å². The second kappa shape index (κ2) is 4.12. The van der Waals surface area contributed by atoms with Crippen LogP contribution in [0.2, 0.25) is 0 Å². The van der Waals surface area contributed by atoms with Gasteiger partial charge in [-0.25, -0.2) is 0 Å². The Labute approximate surface area is 86.3 Å². The Kier molecular flexibility index (Phi) is 3.08. The first kappa shape index (κ1) is 11.2. The third-order valence-corrected chi connectivity index (χ3v) is 1.94. The van der Waals surface area contributed by atoms with Gasteiger partial charge in [0.05, 0.1) is 5.41 Å². The molecule has 0 aliphatic rings. The second-order valence-corrected chi connectivity index (χ2v) is 3.76. The number of nitrogens with one attached hydrogen (secondary N) is 1. The molecule has 1 rings (SSSR count). The van der Waals surface area contributed by atoms with Crippen LogP contribution in [0.3, 0.4) is 0 Å². The summed E-state index contributed by atoms with van der Waals surface area (Å²) in [5.41, 5.74) is -0.865. The van der Waals surface area contributed by atoms with E-state index in [-0.39, 0.29) is 12.2 Å². The highest BCUT2D eigenvalue weighted by Crippen LogP contribution is 2.13. The van der Waals surface area contributed by atoms with E-state index in [1.165, 1.54) is 26.2 Å². The van der Waals surface area contributed by atoms with Crippen LogP contribution in [0.1, 0.15) is 24.3 Å². The fourth-order valence-electron chi connectivity index (χ4n) is 0.797. The molecular formula is C9H12N2O4. The highest BCUT2D eigenvalue weighted by molar-refractivity contribution is 5.92. The highest BCUT2D eigenvalue weighted by Gasteiger charge is 2.27. The van der Waals surface area contributed by atoms with Crippen LogP contribution in [0.4, 0.5) is 0 Å². The lowest BCUT2D eigenvalue weighted by molar-refractivity contribution is -0.146. The van der Waals surface area contributed by atoms with E-state index in [0.29, 0.717) is 0 Å². The molecule has 0 aliphatic carbocycles. The van der Waals surface area contributed by atoms with Crippen LogP contribution in [0, 0.1) is 5.41 Å². The van der Waals surface area contributed by atoms with Gasteiger partial charge in [-0.05, 0) is 13.8 Å². The molecule has 1 heterocycles. The molecule has 0 spiro atoms. The quantitative estimate of drug-likeness (QED) is 0.758. The number of rotatable bonds is 4. The summed E-state index contributed by atoms with van der Waals surface area (Å²) >= 11 is 0. The average molecular weight is 212 g/mol. The maximum atomic E-state index is 11.3. The zero-order chi connectivity index (χ0) is 11.5. The Bertz CT molecular complexity index is 356. The number of hydrogen-bond acceptors (Lipinski definition) is 4. The number of carbonyl (C=O) groups is 2. The summed E-state index contributed by atoms with van der Waals surface area (Å²) < 4.78 is 4.49. The van der Waals surface area contributed by atoms with Crippen LogP contribution in [0.25, 0.3) is 0 Å². The second-order valence-electron chi connectivity index (χ2n) is 3.76. The van der Waals surface area contributed by atoms with E-state index < -0.39 is 17.3 Å². The van der Waals surface area contributed by atoms with Crippen molar-refractivity contribution < 1.29 is 19.2 Å². The monoisotopic (exact) mass is 212 g/mol. The molecule has 0 saturated heterocycles. The highest BCUT2D eigenvalue weighted by atomic mass is 16.5. The minimum Gasteiger partial charge on any atom is -0.481 e. The van der Waals surface area contributed by atoms with Gasteiger partial charge in [0.2, 0.25) is 0 Å². The van der Waals surface area contributed by atoms with Crippen molar-refractivity contribution in [1.29, 1.82) is 0 Å². The van der Waals surface area contributed by atoms with E-state index in [9.17, 15) is 9.59 Å².